The van der Waals surface area contributed by atoms with Crippen LogP contribution in [0.2, 0.25) is 0 Å². The second kappa shape index (κ2) is 8.03. The zero-order chi connectivity index (χ0) is 19.3. The van der Waals surface area contributed by atoms with E-state index in [9.17, 15) is 23.7 Å². The van der Waals surface area contributed by atoms with Gasteiger partial charge in [0.2, 0.25) is 5.91 Å². The predicted molar refractivity (Wildman–Crippen MR) is 93.9 cm³/mol. The molecular formula is C19H20F2N2O3. The molecule has 2 aromatic rings. The summed E-state index contributed by atoms with van der Waals surface area (Å²) in [5.74, 6) is -0.762. The minimum atomic E-state index is -1.90. The highest BCUT2D eigenvalue weighted by atomic mass is 19.1. The van der Waals surface area contributed by atoms with Crippen LogP contribution in [0.25, 0.3) is 0 Å². The number of benzene rings is 2. The summed E-state index contributed by atoms with van der Waals surface area (Å²) in [5, 5.41) is 13.2. The molecule has 1 N–H and O–H groups in total. The van der Waals surface area contributed by atoms with E-state index in [1.165, 1.54) is 43.3 Å². The van der Waals surface area contributed by atoms with E-state index in [-0.39, 0.29) is 17.8 Å². The Labute approximate surface area is 150 Å². The first-order valence-corrected chi connectivity index (χ1v) is 8.11. The van der Waals surface area contributed by atoms with Crippen LogP contribution in [0, 0.1) is 15.5 Å². The number of nitro groups is 1. The van der Waals surface area contributed by atoms with Crippen LogP contribution in [-0.2, 0) is 11.3 Å². The number of rotatable bonds is 7. The lowest BCUT2D eigenvalue weighted by molar-refractivity contribution is -0.384. The minimum Gasteiger partial charge on any atom is -0.351 e. The Bertz CT molecular complexity index is 766. The summed E-state index contributed by atoms with van der Waals surface area (Å²) in [6, 6.07) is 13.6. The standard InChI is InChI=1S/C19H20F2N2O3/c1-13(20)19(2,17(21)15-6-4-3-5-7-15)18(24)22-12-14-8-10-16(11-9-14)23(25)26/h3-11,13,17H,12H2,1-2H3,(H,22,24)/t13-,17-,19+/m0/s1. The highest BCUT2D eigenvalue weighted by Gasteiger charge is 2.47. The van der Waals surface area contributed by atoms with Crippen LogP contribution in [0.15, 0.2) is 54.6 Å². The predicted octanol–water partition coefficient (Wildman–Crippen LogP) is 4.29. The highest BCUT2D eigenvalue weighted by Crippen LogP contribution is 2.41. The molecule has 0 spiro atoms. The maximum Gasteiger partial charge on any atom is 0.269 e. The van der Waals surface area contributed by atoms with Gasteiger partial charge in [-0.3, -0.25) is 14.9 Å². The quantitative estimate of drug-likeness (QED) is 0.590. The SMILES string of the molecule is C[C@H](F)[C@@](C)(C(=O)NCc1ccc([N+](=O)[O-])cc1)[C@@H](F)c1ccccc1. The van der Waals surface area contributed by atoms with Crippen molar-refractivity contribution in [2.24, 2.45) is 5.41 Å². The number of hydrogen-bond donors (Lipinski definition) is 1. The average molecular weight is 362 g/mol. The van der Waals surface area contributed by atoms with Gasteiger partial charge in [0.15, 0.2) is 0 Å². The fraction of sp³-hybridized carbons (Fsp3) is 0.316. The molecule has 0 aliphatic heterocycles. The molecule has 138 valence electrons. The molecular weight excluding hydrogens is 342 g/mol. The van der Waals surface area contributed by atoms with Crippen molar-refractivity contribution in [1.82, 2.24) is 5.32 Å². The Hall–Kier alpha value is -2.83. The first-order valence-electron chi connectivity index (χ1n) is 8.11. The van der Waals surface area contributed by atoms with Crippen molar-refractivity contribution in [2.45, 2.75) is 32.7 Å². The molecule has 5 nitrogen and oxygen atoms in total. The number of carbonyl (C=O) groups is 1. The summed E-state index contributed by atoms with van der Waals surface area (Å²) >= 11 is 0. The van der Waals surface area contributed by atoms with Gasteiger partial charge in [0, 0.05) is 18.7 Å². The summed E-state index contributed by atoms with van der Waals surface area (Å²) in [4.78, 5) is 22.7. The fourth-order valence-corrected chi connectivity index (χ4v) is 2.57. The maximum atomic E-state index is 15.0. The van der Waals surface area contributed by atoms with Crippen LogP contribution in [0.4, 0.5) is 14.5 Å². The lowest BCUT2D eigenvalue weighted by Crippen LogP contribution is -2.47. The number of carbonyl (C=O) groups excluding carboxylic acids is 1. The molecule has 0 aromatic heterocycles. The molecule has 0 bridgehead atoms. The molecule has 0 aliphatic rings. The summed E-state index contributed by atoms with van der Waals surface area (Å²) < 4.78 is 29.2. The molecule has 3 atom stereocenters. The molecule has 0 aliphatic carbocycles. The van der Waals surface area contributed by atoms with Gasteiger partial charge in [0.25, 0.3) is 5.69 Å². The molecule has 0 radical (unpaired) electrons. The van der Waals surface area contributed by atoms with Crippen LogP contribution in [0.5, 0.6) is 0 Å². The molecule has 0 saturated heterocycles. The van der Waals surface area contributed by atoms with Crippen molar-refractivity contribution in [3.8, 4) is 0 Å². The first-order chi connectivity index (χ1) is 12.3. The van der Waals surface area contributed by atoms with Crippen molar-refractivity contribution >= 4 is 11.6 Å². The van der Waals surface area contributed by atoms with Gasteiger partial charge >= 0.3 is 0 Å². The third-order valence-corrected chi connectivity index (χ3v) is 4.53. The van der Waals surface area contributed by atoms with Gasteiger partial charge in [0.05, 0.1) is 4.92 Å². The van der Waals surface area contributed by atoms with E-state index in [1.807, 2.05) is 0 Å². The molecule has 0 fully saturated rings. The van der Waals surface area contributed by atoms with E-state index in [0.717, 1.165) is 6.92 Å². The first kappa shape index (κ1) is 19.5. The molecule has 0 saturated carbocycles. The summed E-state index contributed by atoms with van der Waals surface area (Å²) in [6.07, 6.45) is -3.55. The minimum absolute atomic E-state index is 0.0145. The van der Waals surface area contributed by atoms with Crippen LogP contribution < -0.4 is 5.32 Å². The van der Waals surface area contributed by atoms with E-state index in [1.54, 1.807) is 18.2 Å². The average Bonchev–Trinajstić information content (AvgIpc) is 2.65. The lowest BCUT2D eigenvalue weighted by atomic mass is 9.77. The third kappa shape index (κ3) is 4.04. The Morgan fingerprint density at radius 2 is 1.73 bits per heavy atom. The maximum absolute atomic E-state index is 15.0. The van der Waals surface area contributed by atoms with Crippen LogP contribution >= 0.6 is 0 Å². The number of hydrogen-bond acceptors (Lipinski definition) is 3. The number of nitrogens with zero attached hydrogens (tertiary/aromatic N) is 1. The van der Waals surface area contributed by atoms with E-state index in [0.29, 0.717) is 5.56 Å². The van der Waals surface area contributed by atoms with Gasteiger partial charge in [-0.15, -0.1) is 0 Å². The smallest absolute Gasteiger partial charge is 0.269 e. The van der Waals surface area contributed by atoms with Gasteiger partial charge in [-0.2, -0.15) is 0 Å². The van der Waals surface area contributed by atoms with Gasteiger partial charge < -0.3 is 5.32 Å². The third-order valence-electron chi connectivity index (χ3n) is 4.53. The number of non-ortho nitro benzene ring substituents is 1. The van der Waals surface area contributed by atoms with E-state index >= 15 is 0 Å². The molecule has 2 rings (SSSR count). The van der Waals surface area contributed by atoms with Gasteiger partial charge in [-0.25, -0.2) is 8.78 Å². The largest absolute Gasteiger partial charge is 0.351 e. The summed E-state index contributed by atoms with van der Waals surface area (Å²) in [7, 11) is 0. The number of alkyl halides is 2. The number of halogens is 2. The van der Waals surface area contributed by atoms with Crippen LogP contribution in [-0.4, -0.2) is 17.0 Å². The van der Waals surface area contributed by atoms with Gasteiger partial charge in [0.1, 0.15) is 17.8 Å². The monoisotopic (exact) mass is 362 g/mol. The van der Waals surface area contributed by atoms with E-state index in [4.69, 9.17) is 0 Å². The fourth-order valence-electron chi connectivity index (χ4n) is 2.57. The molecule has 7 heteroatoms. The highest BCUT2D eigenvalue weighted by molar-refractivity contribution is 5.83. The van der Waals surface area contributed by atoms with E-state index < -0.39 is 28.6 Å². The zero-order valence-electron chi connectivity index (χ0n) is 14.5. The molecule has 0 heterocycles. The van der Waals surface area contributed by atoms with Crippen LogP contribution in [0.1, 0.15) is 31.1 Å². The second-order valence-electron chi connectivity index (χ2n) is 6.28. The Morgan fingerprint density at radius 1 is 1.15 bits per heavy atom. The lowest BCUT2D eigenvalue weighted by Gasteiger charge is -2.33. The van der Waals surface area contributed by atoms with Crippen molar-refractivity contribution in [2.75, 3.05) is 0 Å². The molecule has 0 unspecified atom stereocenters. The van der Waals surface area contributed by atoms with Gasteiger partial charge in [-0.1, -0.05) is 42.5 Å². The normalized spacial score (nSPS) is 15.5. The number of nitro benzene ring substituents is 1. The Morgan fingerprint density at radius 3 is 2.23 bits per heavy atom. The topological polar surface area (TPSA) is 72.2 Å². The summed E-state index contributed by atoms with van der Waals surface area (Å²) in [5.41, 5.74) is -1.16. The van der Waals surface area contributed by atoms with E-state index in [2.05, 4.69) is 5.32 Å². The molecule has 1 amide bonds. The zero-order valence-corrected chi connectivity index (χ0v) is 14.5. The summed E-state index contributed by atoms with van der Waals surface area (Å²) in [6.45, 7) is 2.42. The van der Waals surface area contributed by atoms with Crippen molar-refractivity contribution in [1.29, 1.82) is 0 Å². The van der Waals surface area contributed by atoms with Gasteiger partial charge in [-0.05, 0) is 25.0 Å². The van der Waals surface area contributed by atoms with Crippen molar-refractivity contribution in [3.05, 3.63) is 75.8 Å². The van der Waals surface area contributed by atoms with Crippen molar-refractivity contribution < 1.29 is 18.5 Å². The van der Waals surface area contributed by atoms with Crippen LogP contribution in [0.3, 0.4) is 0 Å². The Kier molecular flexibility index (Phi) is 6.02. The number of amides is 1. The molecule has 26 heavy (non-hydrogen) atoms. The Balaban J connectivity index is 2.14. The second-order valence-corrected chi connectivity index (χ2v) is 6.28. The van der Waals surface area contributed by atoms with Crippen molar-refractivity contribution in [3.63, 3.8) is 0 Å². The number of nitrogens with one attached hydrogen (secondary N) is 1. The molecule has 2 aromatic carbocycles.